The summed E-state index contributed by atoms with van der Waals surface area (Å²) >= 11 is 1.38. The van der Waals surface area contributed by atoms with Crippen molar-refractivity contribution in [3.63, 3.8) is 0 Å². The minimum absolute atomic E-state index is 0.0680. The predicted molar refractivity (Wildman–Crippen MR) is 113 cm³/mol. The van der Waals surface area contributed by atoms with E-state index in [0.717, 1.165) is 16.7 Å². The number of nitrogens with zero attached hydrogens (tertiary/aromatic N) is 1. The van der Waals surface area contributed by atoms with Crippen molar-refractivity contribution in [3.05, 3.63) is 96.6 Å². The van der Waals surface area contributed by atoms with Crippen LogP contribution in [0.3, 0.4) is 0 Å². The number of aromatic nitrogens is 1. The fraction of sp³-hybridized carbons (Fsp3) is 0.0455. The SMILES string of the molecule is O=S(=O)(NCc1ccccc1)c1nc(-c2ccccc2)sc1-c1ccccc1. The summed E-state index contributed by atoms with van der Waals surface area (Å²) in [6.45, 7) is 0.218. The van der Waals surface area contributed by atoms with E-state index in [4.69, 9.17) is 0 Å². The van der Waals surface area contributed by atoms with Crippen molar-refractivity contribution in [1.82, 2.24) is 9.71 Å². The Morgan fingerprint density at radius 2 is 1.29 bits per heavy atom. The van der Waals surface area contributed by atoms with Crippen LogP contribution in [0.15, 0.2) is 96.0 Å². The molecular formula is C22H18N2O2S2. The summed E-state index contributed by atoms with van der Waals surface area (Å²) in [4.78, 5) is 5.15. The van der Waals surface area contributed by atoms with E-state index in [0.29, 0.717) is 9.88 Å². The molecule has 4 nitrogen and oxygen atoms in total. The van der Waals surface area contributed by atoms with Crippen LogP contribution >= 0.6 is 11.3 Å². The topological polar surface area (TPSA) is 59.1 Å². The summed E-state index contributed by atoms with van der Waals surface area (Å²) in [6, 6.07) is 28.6. The Kier molecular flexibility index (Phi) is 5.34. The van der Waals surface area contributed by atoms with Gasteiger partial charge in [-0.2, -0.15) is 0 Å². The highest BCUT2D eigenvalue weighted by Gasteiger charge is 2.25. The number of nitrogens with one attached hydrogen (secondary N) is 1. The number of hydrogen-bond donors (Lipinski definition) is 1. The summed E-state index contributed by atoms with van der Waals surface area (Å²) in [5.74, 6) is 0. The van der Waals surface area contributed by atoms with Crippen molar-refractivity contribution in [2.24, 2.45) is 0 Å². The van der Waals surface area contributed by atoms with Crippen molar-refractivity contribution in [3.8, 4) is 21.0 Å². The van der Waals surface area contributed by atoms with Gasteiger partial charge in [-0.3, -0.25) is 0 Å². The first-order valence-electron chi connectivity index (χ1n) is 8.79. The number of hydrogen-bond acceptors (Lipinski definition) is 4. The molecule has 3 aromatic carbocycles. The Morgan fingerprint density at radius 3 is 1.89 bits per heavy atom. The maximum absolute atomic E-state index is 13.1. The van der Waals surface area contributed by atoms with E-state index < -0.39 is 10.0 Å². The molecule has 1 heterocycles. The van der Waals surface area contributed by atoms with Gasteiger partial charge in [0.15, 0.2) is 5.03 Å². The summed E-state index contributed by atoms with van der Waals surface area (Å²) in [7, 11) is -3.78. The fourth-order valence-corrected chi connectivity index (χ4v) is 5.36. The van der Waals surface area contributed by atoms with Crippen LogP contribution in [-0.2, 0) is 16.6 Å². The third kappa shape index (κ3) is 4.04. The lowest BCUT2D eigenvalue weighted by atomic mass is 10.2. The summed E-state index contributed by atoms with van der Waals surface area (Å²) < 4.78 is 28.8. The van der Waals surface area contributed by atoms with E-state index in [-0.39, 0.29) is 11.6 Å². The maximum Gasteiger partial charge on any atom is 0.259 e. The van der Waals surface area contributed by atoms with Crippen LogP contribution in [0.25, 0.3) is 21.0 Å². The van der Waals surface area contributed by atoms with E-state index >= 15 is 0 Å². The fourth-order valence-electron chi connectivity index (χ4n) is 2.81. The average molecular weight is 407 g/mol. The second kappa shape index (κ2) is 8.06. The van der Waals surface area contributed by atoms with Gasteiger partial charge in [0.2, 0.25) is 0 Å². The van der Waals surface area contributed by atoms with Crippen molar-refractivity contribution in [1.29, 1.82) is 0 Å². The van der Waals surface area contributed by atoms with E-state index in [1.54, 1.807) is 0 Å². The molecule has 0 saturated carbocycles. The Balaban J connectivity index is 1.75. The zero-order chi connectivity index (χ0) is 19.4. The van der Waals surface area contributed by atoms with Crippen LogP contribution < -0.4 is 4.72 Å². The van der Waals surface area contributed by atoms with Crippen molar-refractivity contribution < 1.29 is 8.42 Å². The average Bonchev–Trinajstić information content (AvgIpc) is 3.21. The maximum atomic E-state index is 13.1. The standard InChI is InChI=1S/C22H18N2O2S2/c25-28(26,23-16-17-10-4-1-5-11-17)22-20(18-12-6-2-7-13-18)27-21(24-22)19-14-8-3-9-15-19/h1-15,23H,16H2. The Bertz CT molecular complexity index is 1160. The third-order valence-electron chi connectivity index (χ3n) is 4.22. The van der Waals surface area contributed by atoms with Crippen LogP contribution in [-0.4, -0.2) is 13.4 Å². The molecule has 0 atom stereocenters. The largest absolute Gasteiger partial charge is 0.259 e. The highest BCUT2D eigenvalue weighted by Crippen LogP contribution is 2.37. The van der Waals surface area contributed by atoms with Crippen LogP contribution in [0.2, 0.25) is 0 Å². The summed E-state index contributed by atoms with van der Waals surface area (Å²) in [5, 5.41) is 0.748. The second-order valence-corrected chi connectivity index (χ2v) is 8.88. The normalized spacial score (nSPS) is 11.4. The number of thiazole rings is 1. The number of rotatable bonds is 6. The highest BCUT2D eigenvalue weighted by atomic mass is 32.2. The molecule has 6 heteroatoms. The summed E-state index contributed by atoms with van der Waals surface area (Å²) in [6.07, 6.45) is 0. The first-order valence-corrected chi connectivity index (χ1v) is 11.1. The van der Waals surface area contributed by atoms with Crippen LogP contribution in [0.5, 0.6) is 0 Å². The molecule has 1 aromatic heterocycles. The zero-order valence-electron chi connectivity index (χ0n) is 14.9. The van der Waals surface area contributed by atoms with Gasteiger partial charge < -0.3 is 0 Å². The third-order valence-corrected chi connectivity index (χ3v) is 6.83. The highest BCUT2D eigenvalue weighted by molar-refractivity contribution is 7.89. The van der Waals surface area contributed by atoms with Crippen LogP contribution in [0.1, 0.15) is 5.56 Å². The molecule has 0 radical (unpaired) electrons. The van der Waals surface area contributed by atoms with E-state index in [2.05, 4.69) is 9.71 Å². The van der Waals surface area contributed by atoms with Gasteiger partial charge in [-0.15, -0.1) is 11.3 Å². The van der Waals surface area contributed by atoms with Crippen molar-refractivity contribution >= 4 is 21.4 Å². The lowest BCUT2D eigenvalue weighted by Gasteiger charge is -2.07. The van der Waals surface area contributed by atoms with Gasteiger partial charge in [0.05, 0.1) is 4.88 Å². The van der Waals surface area contributed by atoms with Crippen LogP contribution in [0, 0.1) is 0 Å². The van der Waals surface area contributed by atoms with Gasteiger partial charge in [-0.25, -0.2) is 18.1 Å². The van der Waals surface area contributed by atoms with Gasteiger partial charge in [0.25, 0.3) is 10.0 Å². The number of benzene rings is 3. The van der Waals surface area contributed by atoms with Gasteiger partial charge in [0, 0.05) is 12.1 Å². The lowest BCUT2D eigenvalue weighted by Crippen LogP contribution is -2.24. The molecule has 1 N–H and O–H groups in total. The van der Waals surface area contributed by atoms with Gasteiger partial charge in [-0.1, -0.05) is 91.0 Å². The quantitative estimate of drug-likeness (QED) is 0.493. The smallest absolute Gasteiger partial charge is 0.222 e. The van der Waals surface area contributed by atoms with Crippen molar-refractivity contribution in [2.75, 3.05) is 0 Å². The van der Waals surface area contributed by atoms with Gasteiger partial charge in [0.1, 0.15) is 5.01 Å². The number of sulfonamides is 1. The molecule has 0 unspecified atom stereocenters. The van der Waals surface area contributed by atoms with E-state index in [1.165, 1.54) is 11.3 Å². The molecule has 0 bridgehead atoms. The lowest BCUT2D eigenvalue weighted by molar-refractivity contribution is 0.578. The van der Waals surface area contributed by atoms with Gasteiger partial charge >= 0.3 is 0 Å². The van der Waals surface area contributed by atoms with Crippen LogP contribution in [0.4, 0.5) is 0 Å². The molecule has 4 aromatic rings. The molecule has 0 aliphatic rings. The molecule has 0 aliphatic heterocycles. The Hall–Kier alpha value is -2.80. The molecule has 0 spiro atoms. The minimum Gasteiger partial charge on any atom is -0.222 e. The molecular weight excluding hydrogens is 388 g/mol. The predicted octanol–water partition coefficient (Wildman–Crippen LogP) is 4.96. The summed E-state index contributed by atoms with van der Waals surface area (Å²) in [5.41, 5.74) is 2.63. The molecule has 28 heavy (non-hydrogen) atoms. The zero-order valence-corrected chi connectivity index (χ0v) is 16.6. The Morgan fingerprint density at radius 1 is 0.750 bits per heavy atom. The van der Waals surface area contributed by atoms with E-state index in [9.17, 15) is 8.42 Å². The Labute approximate surface area is 168 Å². The first kappa shape index (κ1) is 18.6. The molecule has 140 valence electrons. The van der Waals surface area contributed by atoms with Crippen molar-refractivity contribution in [2.45, 2.75) is 11.6 Å². The first-order chi connectivity index (χ1) is 13.6. The minimum atomic E-state index is -3.78. The molecule has 0 fully saturated rings. The second-order valence-electron chi connectivity index (χ2n) is 6.20. The van der Waals surface area contributed by atoms with E-state index in [1.807, 2.05) is 91.0 Å². The molecule has 4 rings (SSSR count). The molecule has 0 saturated heterocycles. The molecule has 0 aliphatic carbocycles. The monoisotopic (exact) mass is 406 g/mol. The van der Waals surface area contributed by atoms with Gasteiger partial charge in [-0.05, 0) is 11.1 Å². The molecule has 0 amide bonds.